The summed E-state index contributed by atoms with van der Waals surface area (Å²) in [5.41, 5.74) is 9.13. The van der Waals surface area contributed by atoms with Gasteiger partial charge in [-0.25, -0.2) is 22.8 Å². The van der Waals surface area contributed by atoms with Crippen LogP contribution >= 0.6 is 0 Å². The molecule has 4 aromatic rings. The van der Waals surface area contributed by atoms with Crippen molar-refractivity contribution in [2.75, 3.05) is 24.9 Å². The van der Waals surface area contributed by atoms with E-state index in [2.05, 4.69) is 20.3 Å². The number of alkyl halides is 1. The van der Waals surface area contributed by atoms with Crippen molar-refractivity contribution in [3.63, 3.8) is 0 Å². The highest BCUT2D eigenvalue weighted by molar-refractivity contribution is 7.90. The highest BCUT2D eigenvalue weighted by Crippen LogP contribution is 2.40. The van der Waals surface area contributed by atoms with Gasteiger partial charge in [0, 0.05) is 41.7 Å². The molecule has 0 radical (unpaired) electrons. The molecular weight excluding hydrogens is 497 g/mol. The van der Waals surface area contributed by atoms with Crippen LogP contribution in [0.4, 0.5) is 16.0 Å². The summed E-state index contributed by atoms with van der Waals surface area (Å²) in [4.78, 5) is 25.1. The number of primary amides is 1. The normalized spacial score (nSPS) is 11.2. The zero-order valence-electron chi connectivity index (χ0n) is 20.1. The fraction of sp³-hybridized carbons (Fsp3) is 0.154. The highest BCUT2D eigenvalue weighted by atomic mass is 32.2. The Hall–Kier alpha value is -4.38. The lowest BCUT2D eigenvalue weighted by Gasteiger charge is -2.19. The van der Waals surface area contributed by atoms with Gasteiger partial charge in [-0.05, 0) is 54.4 Å². The maximum atomic E-state index is 13.0. The smallest absolute Gasteiger partial charge is 0.249 e. The summed E-state index contributed by atoms with van der Waals surface area (Å²) in [6.45, 7) is 0.609. The average Bonchev–Trinajstić information content (AvgIpc) is 2.88. The van der Waals surface area contributed by atoms with Gasteiger partial charge in [0.25, 0.3) is 0 Å². The lowest BCUT2D eigenvalue weighted by Crippen LogP contribution is -2.15. The number of rotatable bonds is 9. The minimum absolute atomic E-state index is 0.0332. The van der Waals surface area contributed by atoms with Crippen LogP contribution in [0.1, 0.15) is 15.9 Å². The third kappa shape index (κ3) is 5.72. The molecule has 190 valence electrons. The van der Waals surface area contributed by atoms with Crippen molar-refractivity contribution < 1.29 is 22.3 Å². The first-order valence-corrected chi connectivity index (χ1v) is 13.1. The van der Waals surface area contributed by atoms with Crippen LogP contribution in [0.25, 0.3) is 22.4 Å². The number of pyridine rings is 1. The number of anilines is 2. The Morgan fingerprint density at radius 1 is 1.11 bits per heavy atom. The summed E-state index contributed by atoms with van der Waals surface area (Å²) in [6.07, 6.45) is 5.98. The number of hydrogen-bond donors (Lipinski definition) is 2. The molecular formula is C26H24FN5O4S. The van der Waals surface area contributed by atoms with Gasteiger partial charge in [0.15, 0.2) is 9.84 Å². The SMILES string of the molecule is Cc1ccc(-c2c(C(N)=O)ccc(S(C)(=O)=O)c2OCCF)cc1Nc1nccc(-c2cccnc2)n1. The number of nitrogens with zero attached hydrogens (tertiary/aromatic N) is 3. The molecule has 2 heterocycles. The Bertz CT molecular complexity index is 1560. The summed E-state index contributed by atoms with van der Waals surface area (Å²) < 4.78 is 43.5. The number of nitrogens with two attached hydrogens (primary N) is 1. The molecule has 3 N–H and O–H groups in total. The van der Waals surface area contributed by atoms with E-state index in [-0.39, 0.29) is 21.8 Å². The number of aryl methyl sites for hydroxylation is 1. The maximum Gasteiger partial charge on any atom is 0.249 e. The molecule has 0 fully saturated rings. The largest absolute Gasteiger partial charge is 0.489 e. The van der Waals surface area contributed by atoms with Crippen molar-refractivity contribution in [3.05, 3.63) is 78.2 Å². The number of benzene rings is 2. The second kappa shape index (κ2) is 10.7. The van der Waals surface area contributed by atoms with Crippen LogP contribution in [0.3, 0.4) is 0 Å². The van der Waals surface area contributed by atoms with E-state index >= 15 is 0 Å². The molecule has 1 amide bonds. The van der Waals surface area contributed by atoms with E-state index in [0.717, 1.165) is 17.4 Å². The van der Waals surface area contributed by atoms with Crippen molar-refractivity contribution in [1.29, 1.82) is 0 Å². The fourth-order valence-corrected chi connectivity index (χ4v) is 4.57. The maximum absolute atomic E-state index is 13.0. The number of amides is 1. The molecule has 0 aliphatic rings. The van der Waals surface area contributed by atoms with Crippen LogP contribution in [0.15, 0.2) is 72.0 Å². The van der Waals surface area contributed by atoms with Crippen LogP contribution in [0, 0.1) is 6.92 Å². The first kappa shape index (κ1) is 25.7. The predicted molar refractivity (Wildman–Crippen MR) is 138 cm³/mol. The first-order chi connectivity index (χ1) is 17.7. The summed E-state index contributed by atoms with van der Waals surface area (Å²) in [5, 5.41) is 3.17. The predicted octanol–water partition coefficient (Wildman–Crippen LogP) is 4.11. The second-order valence-corrected chi connectivity index (χ2v) is 10.1. The van der Waals surface area contributed by atoms with Crippen molar-refractivity contribution in [3.8, 4) is 28.1 Å². The fourth-order valence-electron chi connectivity index (χ4n) is 3.76. The standard InChI is InChI=1S/C26H24FN5O4S/c1-16-5-6-17(14-21(16)32-26-30-12-9-20(31-26)18-4-3-11-29-15-18)23-19(25(28)33)7-8-22(37(2,34)35)24(23)36-13-10-27/h3-9,11-12,14-15H,10,13H2,1-2H3,(H2,28,33)(H,30,31,32). The van der Waals surface area contributed by atoms with Crippen molar-refractivity contribution in [1.82, 2.24) is 15.0 Å². The molecule has 9 nitrogen and oxygen atoms in total. The molecule has 0 spiro atoms. The number of carbonyl (C=O) groups is 1. The lowest BCUT2D eigenvalue weighted by atomic mass is 9.96. The number of sulfone groups is 1. The second-order valence-electron chi connectivity index (χ2n) is 8.15. The number of ether oxygens (including phenoxy) is 1. The van der Waals surface area contributed by atoms with Crippen LogP contribution in [-0.2, 0) is 9.84 Å². The number of hydrogen-bond acceptors (Lipinski definition) is 8. The van der Waals surface area contributed by atoms with Gasteiger partial charge in [0.2, 0.25) is 11.9 Å². The third-order valence-electron chi connectivity index (χ3n) is 5.50. The van der Waals surface area contributed by atoms with E-state index in [4.69, 9.17) is 10.5 Å². The molecule has 0 bridgehead atoms. The van der Waals surface area contributed by atoms with Crippen molar-refractivity contribution in [2.24, 2.45) is 5.73 Å². The Morgan fingerprint density at radius 2 is 1.92 bits per heavy atom. The number of aromatic nitrogens is 3. The molecule has 0 aliphatic carbocycles. The molecule has 2 aromatic heterocycles. The van der Waals surface area contributed by atoms with Gasteiger partial charge in [0.05, 0.1) is 11.3 Å². The topological polar surface area (TPSA) is 137 Å². The van der Waals surface area contributed by atoms with Gasteiger partial charge in [-0.1, -0.05) is 12.1 Å². The number of carbonyl (C=O) groups excluding carboxylic acids is 1. The van der Waals surface area contributed by atoms with Gasteiger partial charge in [-0.2, -0.15) is 0 Å². The molecule has 0 unspecified atom stereocenters. The van der Waals surface area contributed by atoms with Gasteiger partial charge >= 0.3 is 0 Å². The summed E-state index contributed by atoms with van der Waals surface area (Å²) in [6, 6.07) is 13.2. The Morgan fingerprint density at radius 3 is 2.59 bits per heavy atom. The van der Waals surface area contributed by atoms with Gasteiger partial charge in [-0.15, -0.1) is 0 Å². The van der Waals surface area contributed by atoms with E-state index in [9.17, 15) is 17.6 Å². The van der Waals surface area contributed by atoms with Crippen LogP contribution in [0.2, 0.25) is 0 Å². The molecule has 37 heavy (non-hydrogen) atoms. The molecule has 11 heteroatoms. The molecule has 0 saturated heterocycles. The van der Waals surface area contributed by atoms with Gasteiger partial charge in [0.1, 0.15) is 23.9 Å². The Balaban J connectivity index is 1.83. The molecule has 0 aliphatic heterocycles. The zero-order chi connectivity index (χ0) is 26.6. The summed E-state index contributed by atoms with van der Waals surface area (Å²) >= 11 is 0. The Kier molecular flexibility index (Phi) is 7.44. The minimum Gasteiger partial charge on any atom is -0.489 e. The molecule has 4 rings (SSSR count). The monoisotopic (exact) mass is 521 g/mol. The van der Waals surface area contributed by atoms with E-state index < -0.39 is 29.0 Å². The quantitative estimate of drug-likeness (QED) is 0.336. The molecule has 2 aromatic carbocycles. The average molecular weight is 522 g/mol. The molecule has 0 saturated carbocycles. The Labute approximate surface area is 213 Å². The number of halogens is 1. The van der Waals surface area contributed by atoms with Gasteiger partial charge < -0.3 is 15.8 Å². The van der Waals surface area contributed by atoms with Crippen LogP contribution in [0.5, 0.6) is 5.75 Å². The summed E-state index contributed by atoms with van der Waals surface area (Å²) in [5.74, 6) is -0.612. The van der Waals surface area contributed by atoms with Crippen LogP contribution < -0.4 is 15.8 Å². The number of nitrogens with one attached hydrogen (secondary N) is 1. The van der Waals surface area contributed by atoms with E-state index in [1.165, 1.54) is 12.1 Å². The van der Waals surface area contributed by atoms with E-state index in [1.807, 2.05) is 19.1 Å². The van der Waals surface area contributed by atoms with Crippen molar-refractivity contribution >= 4 is 27.4 Å². The third-order valence-corrected chi connectivity index (χ3v) is 6.62. The van der Waals surface area contributed by atoms with E-state index in [1.54, 1.807) is 42.9 Å². The zero-order valence-corrected chi connectivity index (χ0v) is 20.9. The summed E-state index contributed by atoms with van der Waals surface area (Å²) in [7, 11) is -3.78. The minimum atomic E-state index is -3.78. The van der Waals surface area contributed by atoms with E-state index in [0.29, 0.717) is 22.9 Å². The molecule has 0 atom stereocenters. The van der Waals surface area contributed by atoms with Crippen molar-refractivity contribution in [2.45, 2.75) is 11.8 Å². The van der Waals surface area contributed by atoms with Gasteiger partial charge in [-0.3, -0.25) is 9.78 Å². The first-order valence-electron chi connectivity index (χ1n) is 11.2. The highest BCUT2D eigenvalue weighted by Gasteiger charge is 2.25. The van der Waals surface area contributed by atoms with Crippen LogP contribution in [-0.4, -0.2) is 48.8 Å². The lowest BCUT2D eigenvalue weighted by molar-refractivity contribution is 0.100.